The van der Waals surface area contributed by atoms with E-state index in [1.165, 1.54) is 6.07 Å². The molecule has 0 saturated heterocycles. The van der Waals surface area contributed by atoms with E-state index >= 15 is 0 Å². The summed E-state index contributed by atoms with van der Waals surface area (Å²) in [4.78, 5) is 12.4. The number of anilines is 2. The second-order valence-corrected chi connectivity index (χ2v) is 7.38. The molecule has 0 unspecified atom stereocenters. The molecular weight excluding hydrogens is 447 g/mol. The van der Waals surface area contributed by atoms with E-state index in [2.05, 4.69) is 10.6 Å². The SMILES string of the molecule is O=C(CNc1cc(Cl)c(Cl)cc1Cl)Nc1ccccc1OCCOc1ccccc1. The Bertz CT molecular complexity index is 1000. The molecule has 8 heteroatoms. The van der Waals surface area contributed by atoms with Gasteiger partial charge in [-0.05, 0) is 36.4 Å². The fraction of sp³-hybridized carbons (Fsp3) is 0.136. The molecule has 0 saturated carbocycles. The van der Waals surface area contributed by atoms with Gasteiger partial charge in [0.1, 0.15) is 24.7 Å². The van der Waals surface area contributed by atoms with E-state index in [0.717, 1.165) is 5.75 Å². The molecule has 156 valence electrons. The third-order valence-electron chi connectivity index (χ3n) is 3.96. The van der Waals surface area contributed by atoms with Crippen molar-refractivity contribution in [2.24, 2.45) is 0 Å². The van der Waals surface area contributed by atoms with Gasteiger partial charge in [0.25, 0.3) is 0 Å². The molecule has 3 rings (SSSR count). The number of hydrogen-bond donors (Lipinski definition) is 2. The van der Waals surface area contributed by atoms with E-state index in [9.17, 15) is 4.79 Å². The van der Waals surface area contributed by atoms with Crippen molar-refractivity contribution in [1.82, 2.24) is 0 Å². The average molecular weight is 466 g/mol. The van der Waals surface area contributed by atoms with E-state index in [-0.39, 0.29) is 12.5 Å². The van der Waals surface area contributed by atoms with Gasteiger partial charge in [0.05, 0.1) is 33.0 Å². The molecule has 0 atom stereocenters. The Labute approximate surface area is 189 Å². The van der Waals surface area contributed by atoms with Crippen LogP contribution < -0.4 is 20.1 Å². The number of hydrogen-bond acceptors (Lipinski definition) is 4. The molecule has 0 fully saturated rings. The van der Waals surface area contributed by atoms with Crippen molar-refractivity contribution in [3.8, 4) is 11.5 Å². The zero-order chi connectivity index (χ0) is 21.3. The molecule has 1 amide bonds. The molecule has 0 heterocycles. The minimum absolute atomic E-state index is 0.0108. The second kappa shape index (κ2) is 11.0. The van der Waals surface area contributed by atoms with Crippen LogP contribution in [0.5, 0.6) is 11.5 Å². The van der Waals surface area contributed by atoms with Gasteiger partial charge in [-0.2, -0.15) is 0 Å². The van der Waals surface area contributed by atoms with Gasteiger partial charge in [-0.3, -0.25) is 4.79 Å². The van der Waals surface area contributed by atoms with Gasteiger partial charge in [0, 0.05) is 0 Å². The largest absolute Gasteiger partial charge is 0.490 e. The molecule has 30 heavy (non-hydrogen) atoms. The molecule has 0 bridgehead atoms. The standard InChI is InChI=1S/C22H19Cl3N2O3/c23-16-12-18(25)20(13-17(16)24)26-14-22(28)27-19-8-4-5-9-21(19)30-11-10-29-15-6-2-1-3-7-15/h1-9,12-13,26H,10-11,14H2,(H,27,28). The molecule has 0 aliphatic rings. The highest BCUT2D eigenvalue weighted by Crippen LogP contribution is 2.32. The van der Waals surface area contributed by atoms with Crippen molar-refractivity contribution in [1.29, 1.82) is 0 Å². The minimum atomic E-state index is -0.270. The van der Waals surface area contributed by atoms with Crippen molar-refractivity contribution in [2.75, 3.05) is 30.4 Å². The third kappa shape index (κ3) is 6.46. The third-order valence-corrected chi connectivity index (χ3v) is 5.00. The summed E-state index contributed by atoms with van der Waals surface area (Å²) in [5.74, 6) is 1.05. The van der Waals surface area contributed by atoms with Crippen LogP contribution in [-0.2, 0) is 4.79 Å². The minimum Gasteiger partial charge on any atom is -0.490 e. The summed E-state index contributed by atoms with van der Waals surface area (Å²) < 4.78 is 11.4. The van der Waals surface area contributed by atoms with Crippen molar-refractivity contribution in [3.63, 3.8) is 0 Å². The van der Waals surface area contributed by atoms with E-state index in [0.29, 0.717) is 45.4 Å². The summed E-state index contributed by atoms with van der Waals surface area (Å²) >= 11 is 18.0. The van der Waals surface area contributed by atoms with Crippen LogP contribution in [0.25, 0.3) is 0 Å². The van der Waals surface area contributed by atoms with Crippen LogP contribution in [0, 0.1) is 0 Å². The quantitative estimate of drug-likeness (QED) is 0.294. The lowest BCUT2D eigenvalue weighted by Crippen LogP contribution is -2.22. The molecular formula is C22H19Cl3N2O3. The smallest absolute Gasteiger partial charge is 0.243 e. The number of amides is 1. The molecule has 0 spiro atoms. The number of rotatable bonds is 9. The molecule has 0 aliphatic carbocycles. The summed E-state index contributed by atoms with van der Waals surface area (Å²) in [5.41, 5.74) is 1.08. The molecule has 0 aliphatic heterocycles. The Balaban J connectivity index is 1.51. The molecule has 0 aromatic heterocycles. The van der Waals surface area contributed by atoms with E-state index in [4.69, 9.17) is 44.3 Å². The van der Waals surface area contributed by atoms with Crippen molar-refractivity contribution >= 4 is 52.1 Å². The topological polar surface area (TPSA) is 59.6 Å². The van der Waals surface area contributed by atoms with Crippen LogP contribution in [0.2, 0.25) is 15.1 Å². The predicted octanol–water partition coefficient (Wildman–Crippen LogP) is 6.16. The number of para-hydroxylation sites is 3. The Kier molecular flexibility index (Phi) is 8.08. The van der Waals surface area contributed by atoms with Crippen LogP contribution in [0.1, 0.15) is 0 Å². The maximum atomic E-state index is 12.4. The zero-order valence-electron chi connectivity index (χ0n) is 15.8. The maximum absolute atomic E-state index is 12.4. The number of nitrogens with one attached hydrogen (secondary N) is 2. The molecule has 3 aromatic carbocycles. The van der Waals surface area contributed by atoms with Crippen LogP contribution in [0.3, 0.4) is 0 Å². The van der Waals surface area contributed by atoms with E-state index in [1.54, 1.807) is 18.2 Å². The number of benzene rings is 3. The van der Waals surface area contributed by atoms with Gasteiger partial charge in [0.15, 0.2) is 0 Å². The average Bonchev–Trinajstić information content (AvgIpc) is 2.74. The van der Waals surface area contributed by atoms with Crippen LogP contribution in [0.4, 0.5) is 11.4 Å². The summed E-state index contributed by atoms with van der Waals surface area (Å²) in [6.07, 6.45) is 0. The molecule has 0 radical (unpaired) electrons. The summed E-state index contributed by atoms with van der Waals surface area (Å²) in [5, 5.41) is 6.83. The van der Waals surface area contributed by atoms with Gasteiger partial charge >= 0.3 is 0 Å². The first kappa shape index (κ1) is 22.1. The first-order valence-electron chi connectivity index (χ1n) is 9.11. The second-order valence-electron chi connectivity index (χ2n) is 6.15. The van der Waals surface area contributed by atoms with Gasteiger partial charge in [-0.15, -0.1) is 0 Å². The summed E-state index contributed by atoms with van der Waals surface area (Å²) in [7, 11) is 0. The van der Waals surface area contributed by atoms with Crippen LogP contribution in [0.15, 0.2) is 66.7 Å². The highest BCUT2D eigenvalue weighted by Gasteiger charge is 2.10. The number of carbonyl (C=O) groups is 1. The van der Waals surface area contributed by atoms with Crippen molar-refractivity contribution in [2.45, 2.75) is 0 Å². The van der Waals surface area contributed by atoms with Gasteiger partial charge < -0.3 is 20.1 Å². The Morgan fingerprint density at radius 1 is 0.767 bits per heavy atom. The van der Waals surface area contributed by atoms with Crippen LogP contribution in [-0.4, -0.2) is 25.7 Å². The maximum Gasteiger partial charge on any atom is 0.243 e. The first-order chi connectivity index (χ1) is 14.5. The Hall–Kier alpha value is -2.60. The van der Waals surface area contributed by atoms with Gasteiger partial charge in [0.2, 0.25) is 5.91 Å². The normalized spacial score (nSPS) is 10.4. The number of carbonyl (C=O) groups excluding carboxylic acids is 1. The lowest BCUT2D eigenvalue weighted by atomic mass is 10.3. The van der Waals surface area contributed by atoms with Crippen molar-refractivity contribution < 1.29 is 14.3 Å². The zero-order valence-corrected chi connectivity index (χ0v) is 18.1. The lowest BCUT2D eigenvalue weighted by Gasteiger charge is -2.14. The van der Waals surface area contributed by atoms with Crippen LogP contribution >= 0.6 is 34.8 Å². The highest BCUT2D eigenvalue weighted by molar-refractivity contribution is 6.44. The molecule has 2 N–H and O–H groups in total. The lowest BCUT2D eigenvalue weighted by molar-refractivity contribution is -0.114. The fourth-order valence-electron chi connectivity index (χ4n) is 2.55. The summed E-state index contributed by atoms with van der Waals surface area (Å²) in [6.45, 7) is 0.700. The summed E-state index contributed by atoms with van der Waals surface area (Å²) in [6, 6.07) is 19.8. The van der Waals surface area contributed by atoms with Crippen molar-refractivity contribution in [3.05, 3.63) is 81.8 Å². The van der Waals surface area contributed by atoms with Gasteiger partial charge in [-0.1, -0.05) is 65.1 Å². The first-order valence-corrected chi connectivity index (χ1v) is 10.2. The van der Waals surface area contributed by atoms with E-state index < -0.39 is 0 Å². The molecule has 5 nitrogen and oxygen atoms in total. The van der Waals surface area contributed by atoms with E-state index in [1.807, 2.05) is 42.5 Å². The predicted molar refractivity (Wildman–Crippen MR) is 122 cm³/mol. The highest BCUT2D eigenvalue weighted by atomic mass is 35.5. The Morgan fingerprint density at radius 2 is 1.43 bits per heavy atom. The number of halogens is 3. The molecule has 3 aromatic rings. The van der Waals surface area contributed by atoms with Gasteiger partial charge in [-0.25, -0.2) is 0 Å². The number of ether oxygens (including phenoxy) is 2. The fourth-order valence-corrected chi connectivity index (χ4v) is 3.17. The monoisotopic (exact) mass is 464 g/mol. The Morgan fingerprint density at radius 3 is 2.23 bits per heavy atom.